The molecule has 4 nitrogen and oxygen atoms in total. The molecule has 18 heavy (non-hydrogen) atoms. The van der Waals surface area contributed by atoms with E-state index in [1.54, 1.807) is 11.3 Å². The molecule has 0 bridgehead atoms. The number of likely N-dealkylation sites (tertiary alicyclic amines) is 1. The summed E-state index contributed by atoms with van der Waals surface area (Å²) in [6.45, 7) is 4.01. The number of hydrogen-bond acceptors (Lipinski definition) is 4. The third-order valence-electron chi connectivity index (χ3n) is 2.74. The lowest BCUT2D eigenvalue weighted by molar-refractivity contribution is -0.165. The minimum atomic E-state index is -0.927. The van der Waals surface area contributed by atoms with Gasteiger partial charge in [-0.25, -0.2) is 4.79 Å². The van der Waals surface area contributed by atoms with Gasteiger partial charge < -0.3 is 9.84 Å². The van der Waals surface area contributed by atoms with Crippen molar-refractivity contribution in [3.05, 3.63) is 19.8 Å². The number of halogens is 2. The van der Waals surface area contributed by atoms with Gasteiger partial charge in [-0.15, -0.1) is 11.3 Å². The first-order valence-electron chi connectivity index (χ1n) is 5.40. The number of carboxylic acid groups (broad SMARTS) is 1. The summed E-state index contributed by atoms with van der Waals surface area (Å²) in [5, 5.41) is 8.57. The molecule has 1 aliphatic rings. The summed E-state index contributed by atoms with van der Waals surface area (Å²) >= 11 is 10.9. The Bertz CT molecular complexity index is 440. The van der Waals surface area contributed by atoms with Crippen molar-refractivity contribution in [3.8, 4) is 0 Å². The van der Waals surface area contributed by atoms with Crippen LogP contribution in [0.2, 0.25) is 4.34 Å². The quantitative estimate of drug-likeness (QED) is 0.883. The van der Waals surface area contributed by atoms with Gasteiger partial charge in [-0.3, -0.25) is 4.90 Å². The Hall–Kier alpha value is -0.140. The van der Waals surface area contributed by atoms with Gasteiger partial charge in [-0.2, -0.15) is 0 Å². The van der Waals surface area contributed by atoms with Gasteiger partial charge >= 0.3 is 5.97 Å². The molecule has 0 unspecified atom stereocenters. The second kappa shape index (κ2) is 5.46. The molecule has 0 saturated carbocycles. The maximum atomic E-state index is 10.4. The highest BCUT2D eigenvalue weighted by Gasteiger charge is 2.40. The standard InChI is InChI=1S/C11H13BrClNO3S/c1-11(17-4-9(15)16)5-14(6-11)3-7-2-8(12)10(13)18-7/h2H,3-6H2,1H3,(H,15,16). The lowest BCUT2D eigenvalue weighted by Gasteiger charge is -2.47. The Morgan fingerprint density at radius 1 is 1.72 bits per heavy atom. The number of hydrogen-bond donors (Lipinski definition) is 1. The van der Waals surface area contributed by atoms with Gasteiger partial charge in [0.1, 0.15) is 10.9 Å². The van der Waals surface area contributed by atoms with E-state index < -0.39 is 5.97 Å². The number of carboxylic acids is 1. The zero-order valence-corrected chi connectivity index (χ0v) is 12.9. The monoisotopic (exact) mass is 353 g/mol. The Kier molecular flexibility index (Phi) is 4.33. The summed E-state index contributed by atoms with van der Waals surface area (Å²) in [6, 6.07) is 2.01. The zero-order valence-electron chi connectivity index (χ0n) is 9.78. The van der Waals surface area contributed by atoms with Gasteiger partial charge in [0.05, 0.1) is 5.60 Å². The maximum absolute atomic E-state index is 10.4. The summed E-state index contributed by atoms with van der Waals surface area (Å²) in [5.41, 5.74) is -0.337. The van der Waals surface area contributed by atoms with Crippen LogP contribution < -0.4 is 0 Å². The molecule has 0 atom stereocenters. The second-order valence-electron chi connectivity index (χ2n) is 4.61. The number of ether oxygens (including phenoxy) is 1. The molecule has 7 heteroatoms. The van der Waals surface area contributed by atoms with Crippen LogP contribution in [-0.2, 0) is 16.1 Å². The predicted octanol–water partition coefficient (Wildman–Crippen LogP) is 2.84. The number of aliphatic carboxylic acids is 1. The summed E-state index contributed by atoms with van der Waals surface area (Å²) < 4.78 is 7.04. The van der Waals surface area contributed by atoms with E-state index in [0.29, 0.717) is 0 Å². The molecule has 1 N–H and O–H groups in total. The summed E-state index contributed by atoms with van der Waals surface area (Å²) in [6.07, 6.45) is 0. The van der Waals surface area contributed by atoms with Gasteiger partial charge in [-0.05, 0) is 28.9 Å². The third-order valence-corrected chi connectivity index (χ3v) is 5.20. The van der Waals surface area contributed by atoms with Crippen molar-refractivity contribution in [2.75, 3.05) is 19.7 Å². The highest BCUT2D eigenvalue weighted by Crippen LogP contribution is 2.34. The van der Waals surface area contributed by atoms with Crippen LogP contribution in [0.4, 0.5) is 0 Å². The van der Waals surface area contributed by atoms with E-state index in [-0.39, 0.29) is 12.2 Å². The SMILES string of the molecule is CC1(OCC(=O)O)CN(Cc2cc(Br)c(Cl)s2)C1. The van der Waals surface area contributed by atoms with Crippen molar-refractivity contribution in [1.29, 1.82) is 0 Å². The minimum Gasteiger partial charge on any atom is -0.480 e. The lowest BCUT2D eigenvalue weighted by Crippen LogP contribution is -2.61. The second-order valence-corrected chi connectivity index (χ2v) is 7.20. The Labute approximate surface area is 123 Å². The zero-order chi connectivity index (χ0) is 13.3. The van der Waals surface area contributed by atoms with E-state index in [1.807, 2.05) is 13.0 Å². The minimum absolute atomic E-state index is 0.235. The van der Waals surface area contributed by atoms with Gasteiger partial charge in [0.2, 0.25) is 0 Å². The predicted molar refractivity (Wildman–Crippen MR) is 74.3 cm³/mol. The van der Waals surface area contributed by atoms with Gasteiger partial charge in [0.15, 0.2) is 0 Å². The van der Waals surface area contributed by atoms with Crippen molar-refractivity contribution in [3.63, 3.8) is 0 Å². The Morgan fingerprint density at radius 3 is 2.89 bits per heavy atom. The van der Waals surface area contributed by atoms with Crippen LogP contribution in [0.3, 0.4) is 0 Å². The topological polar surface area (TPSA) is 49.8 Å². The van der Waals surface area contributed by atoms with E-state index in [0.717, 1.165) is 28.4 Å². The van der Waals surface area contributed by atoms with E-state index in [4.69, 9.17) is 21.4 Å². The van der Waals surface area contributed by atoms with Crippen LogP contribution in [0.1, 0.15) is 11.8 Å². The molecule has 0 aliphatic carbocycles. The molecule has 0 aromatic carbocycles. The van der Waals surface area contributed by atoms with Crippen LogP contribution in [0.5, 0.6) is 0 Å². The molecule has 0 amide bonds. The van der Waals surface area contributed by atoms with Gasteiger partial charge in [0, 0.05) is 29.0 Å². The molecule has 0 spiro atoms. The molecule has 1 fully saturated rings. The molecular weight excluding hydrogens is 342 g/mol. The fourth-order valence-corrected chi connectivity index (χ4v) is 3.86. The fourth-order valence-electron chi connectivity index (χ4n) is 2.03. The smallest absolute Gasteiger partial charge is 0.329 e. The molecule has 1 aliphatic heterocycles. The number of nitrogens with zero attached hydrogens (tertiary/aromatic N) is 1. The Balaban J connectivity index is 1.80. The summed E-state index contributed by atoms with van der Waals surface area (Å²) in [4.78, 5) is 13.8. The summed E-state index contributed by atoms with van der Waals surface area (Å²) in [5.74, 6) is -0.927. The van der Waals surface area contributed by atoms with Crippen molar-refractivity contribution in [2.24, 2.45) is 0 Å². The molecule has 1 aromatic rings. The molecule has 1 saturated heterocycles. The van der Waals surface area contributed by atoms with E-state index in [9.17, 15) is 4.79 Å². The van der Waals surface area contributed by atoms with Gasteiger partial charge in [-0.1, -0.05) is 11.6 Å². The molecule has 100 valence electrons. The molecule has 2 heterocycles. The van der Waals surface area contributed by atoms with E-state index >= 15 is 0 Å². The lowest BCUT2D eigenvalue weighted by atomic mass is 9.96. The van der Waals surface area contributed by atoms with E-state index in [2.05, 4.69) is 20.8 Å². The molecule has 2 rings (SSSR count). The van der Waals surface area contributed by atoms with Crippen molar-refractivity contribution < 1.29 is 14.6 Å². The number of thiophene rings is 1. The van der Waals surface area contributed by atoms with Crippen LogP contribution in [0, 0.1) is 0 Å². The first-order chi connectivity index (χ1) is 8.38. The molecular formula is C11H13BrClNO3S. The fraction of sp³-hybridized carbons (Fsp3) is 0.545. The largest absolute Gasteiger partial charge is 0.480 e. The van der Waals surface area contributed by atoms with Crippen LogP contribution in [0.15, 0.2) is 10.5 Å². The van der Waals surface area contributed by atoms with Crippen molar-refractivity contribution >= 4 is 44.8 Å². The van der Waals surface area contributed by atoms with Gasteiger partial charge in [0.25, 0.3) is 0 Å². The average molecular weight is 355 g/mol. The molecule has 0 radical (unpaired) electrons. The highest BCUT2D eigenvalue weighted by atomic mass is 79.9. The molecule has 1 aromatic heterocycles. The van der Waals surface area contributed by atoms with Crippen molar-refractivity contribution in [1.82, 2.24) is 4.90 Å². The highest BCUT2D eigenvalue weighted by molar-refractivity contribution is 9.10. The first kappa shape index (κ1) is 14.3. The Morgan fingerprint density at radius 2 is 2.39 bits per heavy atom. The van der Waals surface area contributed by atoms with Crippen LogP contribution in [-0.4, -0.2) is 41.3 Å². The summed E-state index contributed by atoms with van der Waals surface area (Å²) in [7, 11) is 0. The average Bonchev–Trinajstić information content (AvgIpc) is 2.53. The van der Waals surface area contributed by atoms with Crippen LogP contribution in [0.25, 0.3) is 0 Å². The third kappa shape index (κ3) is 3.45. The van der Waals surface area contributed by atoms with Crippen molar-refractivity contribution in [2.45, 2.75) is 19.1 Å². The first-order valence-corrected chi connectivity index (χ1v) is 7.38. The van der Waals surface area contributed by atoms with E-state index in [1.165, 1.54) is 4.88 Å². The number of rotatable bonds is 5. The van der Waals surface area contributed by atoms with Crippen LogP contribution >= 0.6 is 38.9 Å². The number of carbonyl (C=O) groups is 1. The maximum Gasteiger partial charge on any atom is 0.329 e. The normalized spacial score (nSPS) is 18.6.